The third-order valence-corrected chi connectivity index (χ3v) is 8.30. The van der Waals surface area contributed by atoms with Crippen LogP contribution >= 0.6 is 0 Å². The number of amides is 1. The number of halogens is 1. The zero-order valence-corrected chi connectivity index (χ0v) is 18.7. The number of nitrogens with one attached hydrogen (secondary N) is 1. The SMILES string of the molecule is Cc1n[nH]c(C)c1S(=O)(=O)N1CCCC(C(=O)N2CCN(c3ccc(F)cc3)CC2)C1. The lowest BCUT2D eigenvalue weighted by Gasteiger charge is -2.39. The first-order valence-electron chi connectivity index (χ1n) is 10.6. The number of benzene rings is 1. The van der Waals surface area contributed by atoms with Gasteiger partial charge in [-0.25, -0.2) is 12.8 Å². The molecule has 2 saturated heterocycles. The Morgan fingerprint density at radius 1 is 1.10 bits per heavy atom. The summed E-state index contributed by atoms with van der Waals surface area (Å²) in [6.45, 7) is 6.44. The van der Waals surface area contributed by atoms with Gasteiger partial charge in [0.2, 0.25) is 15.9 Å². The van der Waals surface area contributed by atoms with E-state index < -0.39 is 10.0 Å². The van der Waals surface area contributed by atoms with Crippen molar-refractivity contribution in [3.05, 3.63) is 41.5 Å². The second-order valence-electron chi connectivity index (χ2n) is 8.25. The molecule has 8 nitrogen and oxygen atoms in total. The van der Waals surface area contributed by atoms with Crippen LogP contribution in [-0.4, -0.2) is 73.0 Å². The van der Waals surface area contributed by atoms with Gasteiger partial charge in [-0.1, -0.05) is 0 Å². The predicted octanol–water partition coefficient (Wildman–Crippen LogP) is 1.92. The Morgan fingerprint density at radius 3 is 2.39 bits per heavy atom. The van der Waals surface area contributed by atoms with Gasteiger partial charge >= 0.3 is 0 Å². The molecule has 2 fully saturated rings. The number of aryl methyl sites for hydroxylation is 2. The Kier molecular flexibility index (Phi) is 6.02. The van der Waals surface area contributed by atoms with Crippen LogP contribution in [0.3, 0.4) is 0 Å². The second-order valence-corrected chi connectivity index (χ2v) is 10.1. The summed E-state index contributed by atoms with van der Waals surface area (Å²) in [5, 5.41) is 6.74. The molecular weight excluding hydrogens is 421 g/mol. The largest absolute Gasteiger partial charge is 0.368 e. The molecule has 2 aromatic rings. The summed E-state index contributed by atoms with van der Waals surface area (Å²) in [6.07, 6.45) is 1.34. The maximum Gasteiger partial charge on any atom is 0.246 e. The molecule has 168 valence electrons. The van der Waals surface area contributed by atoms with Crippen molar-refractivity contribution in [2.45, 2.75) is 31.6 Å². The molecule has 2 aliphatic heterocycles. The summed E-state index contributed by atoms with van der Waals surface area (Å²) in [4.78, 5) is 17.3. The quantitative estimate of drug-likeness (QED) is 0.770. The third kappa shape index (κ3) is 4.31. The van der Waals surface area contributed by atoms with Gasteiger partial charge in [-0.2, -0.15) is 9.40 Å². The second kappa shape index (κ2) is 8.58. The molecule has 0 aliphatic carbocycles. The van der Waals surface area contributed by atoms with Crippen LogP contribution < -0.4 is 4.90 Å². The predicted molar refractivity (Wildman–Crippen MR) is 115 cm³/mol. The van der Waals surface area contributed by atoms with Gasteiger partial charge in [-0.05, 0) is 51.0 Å². The molecular formula is C21H28FN5O3S. The summed E-state index contributed by atoms with van der Waals surface area (Å²) in [6, 6.07) is 6.37. The molecule has 1 aromatic carbocycles. The van der Waals surface area contributed by atoms with E-state index in [-0.39, 0.29) is 29.1 Å². The summed E-state index contributed by atoms with van der Waals surface area (Å²) in [5.74, 6) is -0.595. The highest BCUT2D eigenvalue weighted by Gasteiger charge is 2.37. The molecule has 0 saturated carbocycles. The Hall–Kier alpha value is -2.46. The summed E-state index contributed by atoms with van der Waals surface area (Å²) in [7, 11) is -3.70. The van der Waals surface area contributed by atoms with E-state index in [4.69, 9.17) is 0 Å². The number of aromatic amines is 1. The Morgan fingerprint density at radius 2 is 1.77 bits per heavy atom. The van der Waals surface area contributed by atoms with Crippen LogP contribution in [0.25, 0.3) is 0 Å². The Balaban J connectivity index is 1.40. The average molecular weight is 450 g/mol. The van der Waals surface area contributed by atoms with Crippen LogP contribution in [0.1, 0.15) is 24.2 Å². The van der Waals surface area contributed by atoms with Gasteiger partial charge in [0, 0.05) is 45.0 Å². The van der Waals surface area contributed by atoms with E-state index in [1.807, 2.05) is 4.90 Å². The highest BCUT2D eigenvalue weighted by atomic mass is 32.2. The van der Waals surface area contributed by atoms with E-state index in [0.717, 1.165) is 5.69 Å². The van der Waals surface area contributed by atoms with Crippen LogP contribution in [0.4, 0.5) is 10.1 Å². The maximum atomic E-state index is 13.2. The van der Waals surface area contributed by atoms with Gasteiger partial charge in [0.25, 0.3) is 0 Å². The molecule has 1 atom stereocenters. The van der Waals surface area contributed by atoms with E-state index in [0.29, 0.717) is 57.0 Å². The molecule has 1 aromatic heterocycles. The number of carbonyl (C=O) groups is 1. The molecule has 1 unspecified atom stereocenters. The molecule has 0 radical (unpaired) electrons. The van der Waals surface area contributed by atoms with E-state index in [1.165, 1.54) is 16.4 Å². The van der Waals surface area contributed by atoms with Gasteiger partial charge < -0.3 is 9.80 Å². The number of nitrogens with zero attached hydrogens (tertiary/aromatic N) is 4. The molecule has 4 rings (SSSR count). The summed E-state index contributed by atoms with van der Waals surface area (Å²) < 4.78 is 40.9. The first kappa shape index (κ1) is 21.8. The van der Waals surface area contributed by atoms with E-state index in [1.54, 1.807) is 26.0 Å². The number of H-pyrrole nitrogens is 1. The maximum absolute atomic E-state index is 13.2. The lowest BCUT2D eigenvalue weighted by Crippen LogP contribution is -2.53. The van der Waals surface area contributed by atoms with E-state index >= 15 is 0 Å². The van der Waals surface area contributed by atoms with Crippen LogP contribution in [0.15, 0.2) is 29.2 Å². The van der Waals surface area contributed by atoms with Gasteiger partial charge in [-0.15, -0.1) is 0 Å². The average Bonchev–Trinajstić information content (AvgIpc) is 3.12. The molecule has 1 N–H and O–H groups in total. The zero-order chi connectivity index (χ0) is 22.2. The lowest BCUT2D eigenvalue weighted by atomic mass is 9.97. The van der Waals surface area contributed by atoms with Gasteiger partial charge in [0.15, 0.2) is 0 Å². The molecule has 0 spiro atoms. The fourth-order valence-corrected chi connectivity index (χ4v) is 6.36. The Bertz CT molecular complexity index is 1030. The van der Waals surface area contributed by atoms with Crippen molar-refractivity contribution in [2.75, 3.05) is 44.2 Å². The van der Waals surface area contributed by atoms with Crippen LogP contribution in [0.2, 0.25) is 0 Å². The van der Waals surface area contributed by atoms with Gasteiger partial charge in [-0.3, -0.25) is 9.89 Å². The number of hydrogen-bond acceptors (Lipinski definition) is 5. The van der Waals surface area contributed by atoms with Crippen molar-refractivity contribution in [1.29, 1.82) is 0 Å². The Labute approximate surface area is 182 Å². The van der Waals surface area contributed by atoms with Crippen molar-refractivity contribution in [1.82, 2.24) is 19.4 Å². The minimum absolute atomic E-state index is 0.0132. The molecule has 1 amide bonds. The number of piperidine rings is 1. The molecule has 31 heavy (non-hydrogen) atoms. The fraction of sp³-hybridized carbons (Fsp3) is 0.524. The van der Waals surface area contributed by atoms with Crippen LogP contribution in [-0.2, 0) is 14.8 Å². The number of hydrogen-bond donors (Lipinski definition) is 1. The van der Waals surface area contributed by atoms with Crippen LogP contribution in [0.5, 0.6) is 0 Å². The van der Waals surface area contributed by atoms with Crippen molar-refractivity contribution in [3.63, 3.8) is 0 Å². The first-order valence-corrected chi connectivity index (χ1v) is 12.0. The number of sulfonamides is 1. The topological polar surface area (TPSA) is 89.6 Å². The number of anilines is 1. The number of carbonyl (C=O) groups excluding carboxylic acids is 1. The number of rotatable bonds is 4. The number of piperazine rings is 1. The molecule has 0 bridgehead atoms. The normalized spacial score (nSPS) is 20.8. The minimum atomic E-state index is -3.70. The summed E-state index contributed by atoms with van der Waals surface area (Å²) in [5.41, 5.74) is 1.90. The molecule has 10 heteroatoms. The summed E-state index contributed by atoms with van der Waals surface area (Å²) >= 11 is 0. The van der Waals surface area contributed by atoms with E-state index in [2.05, 4.69) is 15.1 Å². The molecule has 2 aliphatic rings. The molecule has 3 heterocycles. The lowest BCUT2D eigenvalue weighted by molar-refractivity contribution is -0.137. The standard InChI is InChI=1S/C21H28FN5O3S/c1-15-20(16(2)24-23-15)31(29,30)27-9-3-4-17(14-27)21(28)26-12-10-25(11-13-26)19-7-5-18(22)6-8-19/h5-8,17H,3-4,9-14H2,1-2H3,(H,23,24). The highest BCUT2D eigenvalue weighted by molar-refractivity contribution is 7.89. The van der Waals surface area contributed by atoms with Crippen LogP contribution in [0, 0.1) is 25.6 Å². The van der Waals surface area contributed by atoms with Crippen molar-refractivity contribution in [3.8, 4) is 0 Å². The van der Waals surface area contributed by atoms with Crippen molar-refractivity contribution < 1.29 is 17.6 Å². The van der Waals surface area contributed by atoms with E-state index in [9.17, 15) is 17.6 Å². The number of aromatic nitrogens is 2. The van der Waals surface area contributed by atoms with Crippen molar-refractivity contribution in [2.24, 2.45) is 5.92 Å². The van der Waals surface area contributed by atoms with Gasteiger partial charge in [0.1, 0.15) is 10.7 Å². The zero-order valence-electron chi connectivity index (χ0n) is 17.8. The third-order valence-electron chi connectivity index (χ3n) is 6.17. The monoisotopic (exact) mass is 449 g/mol. The highest BCUT2D eigenvalue weighted by Crippen LogP contribution is 2.28. The first-order chi connectivity index (χ1) is 14.8. The smallest absolute Gasteiger partial charge is 0.246 e. The van der Waals surface area contributed by atoms with Gasteiger partial charge in [0.05, 0.1) is 17.3 Å². The fourth-order valence-electron chi connectivity index (χ4n) is 4.51. The van der Waals surface area contributed by atoms with Crippen molar-refractivity contribution >= 4 is 21.6 Å². The minimum Gasteiger partial charge on any atom is -0.368 e.